The first kappa shape index (κ1) is 18.4. The number of rotatable bonds is 6. The molecule has 0 saturated heterocycles. The van der Waals surface area contributed by atoms with E-state index in [9.17, 15) is 9.59 Å². The molecule has 1 amide bonds. The molecular formula is C19H19N5O3S. The number of aromatic nitrogens is 4. The Bertz CT molecular complexity index is 1060. The van der Waals surface area contributed by atoms with Crippen LogP contribution in [0.25, 0.3) is 0 Å². The maximum Gasteiger partial charge on any atom is 0.349 e. The van der Waals surface area contributed by atoms with Crippen LogP contribution in [-0.2, 0) is 24.2 Å². The lowest BCUT2D eigenvalue weighted by atomic mass is 10.2. The SMILES string of the molecule is Cc1cc(NC(=O)CSc2nc(=O)n(Cc3ccncc3)c3c2CCC3)no1. The lowest BCUT2D eigenvalue weighted by molar-refractivity contribution is -0.113. The number of thioether (sulfide) groups is 1. The highest BCUT2D eigenvalue weighted by molar-refractivity contribution is 8.00. The molecular weight excluding hydrogens is 378 g/mol. The Labute approximate surface area is 165 Å². The molecule has 9 heteroatoms. The smallest absolute Gasteiger partial charge is 0.349 e. The van der Waals surface area contributed by atoms with E-state index in [1.807, 2.05) is 12.1 Å². The summed E-state index contributed by atoms with van der Waals surface area (Å²) in [5.74, 6) is 0.946. The second kappa shape index (κ2) is 7.97. The monoisotopic (exact) mass is 397 g/mol. The third-order valence-corrected chi connectivity index (χ3v) is 5.54. The molecule has 0 aromatic carbocycles. The fourth-order valence-electron chi connectivity index (χ4n) is 3.28. The fourth-order valence-corrected chi connectivity index (χ4v) is 4.15. The minimum atomic E-state index is -0.285. The standard InChI is InChI=1S/C19H19N5O3S/c1-12-9-16(23-27-12)21-17(25)11-28-18-14-3-2-4-15(14)24(19(26)22-18)10-13-5-7-20-8-6-13/h5-9H,2-4,10-11H2,1H3,(H,21,23,25). The van der Waals surface area contributed by atoms with Crippen LogP contribution < -0.4 is 11.0 Å². The molecule has 0 radical (unpaired) electrons. The van der Waals surface area contributed by atoms with Gasteiger partial charge in [-0.05, 0) is 43.9 Å². The van der Waals surface area contributed by atoms with Gasteiger partial charge in [0.1, 0.15) is 10.8 Å². The van der Waals surface area contributed by atoms with Crippen molar-refractivity contribution in [3.63, 3.8) is 0 Å². The predicted octanol–water partition coefficient (Wildman–Crippen LogP) is 2.20. The molecule has 0 unspecified atom stereocenters. The van der Waals surface area contributed by atoms with E-state index in [1.54, 1.807) is 30.0 Å². The maximum atomic E-state index is 12.6. The molecule has 0 atom stereocenters. The van der Waals surface area contributed by atoms with Crippen molar-refractivity contribution in [2.24, 2.45) is 0 Å². The molecule has 0 spiro atoms. The molecule has 0 fully saturated rings. The van der Waals surface area contributed by atoms with Crippen LogP contribution in [0.3, 0.4) is 0 Å². The van der Waals surface area contributed by atoms with Gasteiger partial charge in [-0.25, -0.2) is 4.79 Å². The van der Waals surface area contributed by atoms with Gasteiger partial charge in [-0.15, -0.1) is 0 Å². The molecule has 4 rings (SSSR count). The summed E-state index contributed by atoms with van der Waals surface area (Å²) >= 11 is 1.28. The van der Waals surface area contributed by atoms with Crippen LogP contribution in [0.15, 0.2) is 44.9 Å². The van der Waals surface area contributed by atoms with Crippen LogP contribution >= 0.6 is 11.8 Å². The Balaban J connectivity index is 1.51. The average molecular weight is 397 g/mol. The number of carbonyl (C=O) groups excluding carboxylic acids is 1. The first-order valence-corrected chi connectivity index (χ1v) is 9.96. The first-order chi connectivity index (χ1) is 13.6. The highest BCUT2D eigenvalue weighted by Crippen LogP contribution is 2.29. The number of nitrogens with zero attached hydrogens (tertiary/aromatic N) is 4. The lowest BCUT2D eigenvalue weighted by Crippen LogP contribution is -2.28. The molecule has 0 aliphatic heterocycles. The number of nitrogens with one attached hydrogen (secondary N) is 1. The largest absolute Gasteiger partial charge is 0.360 e. The molecule has 1 aliphatic carbocycles. The van der Waals surface area contributed by atoms with E-state index < -0.39 is 0 Å². The topological polar surface area (TPSA) is 103 Å². The lowest BCUT2D eigenvalue weighted by Gasteiger charge is -2.14. The summed E-state index contributed by atoms with van der Waals surface area (Å²) in [4.78, 5) is 33.1. The van der Waals surface area contributed by atoms with Crippen molar-refractivity contribution in [1.82, 2.24) is 19.7 Å². The van der Waals surface area contributed by atoms with Crippen molar-refractivity contribution in [1.29, 1.82) is 0 Å². The quantitative estimate of drug-likeness (QED) is 0.502. The van der Waals surface area contributed by atoms with Gasteiger partial charge in [-0.2, -0.15) is 4.98 Å². The molecule has 28 heavy (non-hydrogen) atoms. The predicted molar refractivity (Wildman–Crippen MR) is 104 cm³/mol. The van der Waals surface area contributed by atoms with Gasteiger partial charge in [0.2, 0.25) is 5.91 Å². The van der Waals surface area contributed by atoms with Crippen LogP contribution in [0.2, 0.25) is 0 Å². The van der Waals surface area contributed by atoms with Crippen molar-refractivity contribution >= 4 is 23.5 Å². The molecule has 0 saturated carbocycles. The van der Waals surface area contributed by atoms with E-state index in [2.05, 4.69) is 20.4 Å². The summed E-state index contributed by atoms with van der Waals surface area (Å²) < 4.78 is 6.67. The van der Waals surface area contributed by atoms with Crippen LogP contribution in [0.5, 0.6) is 0 Å². The van der Waals surface area contributed by atoms with Crippen LogP contribution in [-0.4, -0.2) is 31.4 Å². The number of aryl methyl sites for hydroxylation is 1. The van der Waals surface area contributed by atoms with Gasteiger partial charge in [0.25, 0.3) is 0 Å². The van der Waals surface area contributed by atoms with Crippen molar-refractivity contribution in [3.05, 3.63) is 63.7 Å². The Morgan fingerprint density at radius 1 is 1.32 bits per heavy atom. The number of fused-ring (bicyclic) bond motifs is 1. The van der Waals surface area contributed by atoms with E-state index in [0.717, 1.165) is 36.1 Å². The van der Waals surface area contributed by atoms with E-state index in [4.69, 9.17) is 4.52 Å². The summed E-state index contributed by atoms with van der Waals surface area (Å²) in [5.41, 5.74) is 2.82. The number of amides is 1. The van der Waals surface area contributed by atoms with E-state index in [1.165, 1.54) is 11.8 Å². The van der Waals surface area contributed by atoms with Crippen molar-refractivity contribution < 1.29 is 9.32 Å². The Morgan fingerprint density at radius 2 is 2.14 bits per heavy atom. The Hall–Kier alpha value is -2.94. The zero-order valence-electron chi connectivity index (χ0n) is 15.3. The summed E-state index contributed by atoms with van der Waals surface area (Å²) in [5, 5.41) is 7.07. The van der Waals surface area contributed by atoms with Gasteiger partial charge in [0.15, 0.2) is 5.82 Å². The summed E-state index contributed by atoms with van der Waals surface area (Å²) in [7, 11) is 0. The normalized spacial score (nSPS) is 12.8. The van der Waals surface area contributed by atoms with E-state index in [0.29, 0.717) is 23.1 Å². The third kappa shape index (κ3) is 3.99. The number of pyridine rings is 1. The molecule has 3 aromatic rings. The van der Waals surface area contributed by atoms with Crippen molar-refractivity contribution in [2.45, 2.75) is 37.8 Å². The summed E-state index contributed by atoms with van der Waals surface area (Å²) in [6.45, 7) is 2.24. The minimum Gasteiger partial charge on any atom is -0.360 e. The zero-order chi connectivity index (χ0) is 19.5. The van der Waals surface area contributed by atoms with Gasteiger partial charge in [-0.3, -0.25) is 14.3 Å². The maximum absolute atomic E-state index is 12.6. The van der Waals surface area contributed by atoms with Crippen molar-refractivity contribution in [3.8, 4) is 0 Å². The second-order valence-electron chi connectivity index (χ2n) is 6.58. The Kier molecular flexibility index (Phi) is 5.25. The van der Waals surface area contributed by atoms with Crippen LogP contribution in [0, 0.1) is 6.92 Å². The van der Waals surface area contributed by atoms with Crippen molar-refractivity contribution in [2.75, 3.05) is 11.1 Å². The van der Waals surface area contributed by atoms with Crippen LogP contribution in [0.1, 0.15) is 29.0 Å². The van der Waals surface area contributed by atoms with Gasteiger partial charge in [0, 0.05) is 29.7 Å². The molecule has 8 nitrogen and oxygen atoms in total. The molecule has 1 aliphatic rings. The van der Waals surface area contributed by atoms with Gasteiger partial charge in [0.05, 0.1) is 12.3 Å². The molecule has 144 valence electrons. The minimum absolute atomic E-state index is 0.152. The van der Waals surface area contributed by atoms with Gasteiger partial charge in [-0.1, -0.05) is 16.9 Å². The average Bonchev–Trinajstić information content (AvgIpc) is 3.33. The zero-order valence-corrected chi connectivity index (χ0v) is 16.2. The Morgan fingerprint density at radius 3 is 2.89 bits per heavy atom. The van der Waals surface area contributed by atoms with E-state index in [-0.39, 0.29) is 17.3 Å². The highest BCUT2D eigenvalue weighted by Gasteiger charge is 2.22. The number of anilines is 1. The highest BCUT2D eigenvalue weighted by atomic mass is 32.2. The van der Waals surface area contributed by atoms with Crippen LogP contribution in [0.4, 0.5) is 5.82 Å². The first-order valence-electron chi connectivity index (χ1n) is 8.97. The third-order valence-electron chi connectivity index (χ3n) is 4.53. The molecule has 3 heterocycles. The number of hydrogen-bond donors (Lipinski definition) is 1. The van der Waals surface area contributed by atoms with E-state index >= 15 is 0 Å². The fraction of sp³-hybridized carbons (Fsp3) is 0.316. The number of carbonyl (C=O) groups is 1. The second-order valence-corrected chi connectivity index (χ2v) is 7.54. The summed E-state index contributed by atoms with van der Waals surface area (Å²) in [6.07, 6.45) is 6.12. The molecule has 0 bridgehead atoms. The molecule has 1 N–H and O–H groups in total. The number of hydrogen-bond acceptors (Lipinski definition) is 7. The molecule has 3 aromatic heterocycles. The van der Waals surface area contributed by atoms with Gasteiger partial charge >= 0.3 is 5.69 Å². The van der Waals surface area contributed by atoms with Gasteiger partial charge < -0.3 is 9.84 Å². The summed E-state index contributed by atoms with van der Waals surface area (Å²) in [6, 6.07) is 5.44.